The van der Waals surface area contributed by atoms with E-state index in [4.69, 9.17) is 11.6 Å². The minimum atomic E-state index is -3.79. The van der Waals surface area contributed by atoms with Crippen molar-refractivity contribution < 1.29 is 13.3 Å². The first-order chi connectivity index (χ1) is 9.29. The highest BCUT2D eigenvalue weighted by Gasteiger charge is 2.19. The van der Waals surface area contributed by atoms with E-state index >= 15 is 0 Å². The van der Waals surface area contributed by atoms with E-state index in [0.29, 0.717) is 4.34 Å². The van der Waals surface area contributed by atoms with Gasteiger partial charge in [0.15, 0.2) is 0 Å². The quantitative estimate of drug-likeness (QED) is 0.684. The molecule has 0 aromatic carbocycles. The van der Waals surface area contributed by atoms with E-state index in [1.54, 1.807) is 0 Å². The topological polar surface area (TPSA) is 102 Å². The van der Waals surface area contributed by atoms with Crippen LogP contribution < -0.4 is 4.72 Å². The van der Waals surface area contributed by atoms with Gasteiger partial charge in [0.05, 0.1) is 9.26 Å². The van der Waals surface area contributed by atoms with Gasteiger partial charge in [0.1, 0.15) is 15.7 Å². The van der Waals surface area contributed by atoms with Gasteiger partial charge in [0.25, 0.3) is 15.7 Å². The third kappa shape index (κ3) is 3.06. The van der Waals surface area contributed by atoms with Gasteiger partial charge in [-0.05, 0) is 25.1 Å². The summed E-state index contributed by atoms with van der Waals surface area (Å²) in [6, 6.07) is 5.27. The van der Waals surface area contributed by atoms with Gasteiger partial charge in [-0.3, -0.25) is 14.8 Å². The van der Waals surface area contributed by atoms with Crippen molar-refractivity contribution in [1.29, 1.82) is 0 Å². The summed E-state index contributed by atoms with van der Waals surface area (Å²) in [7, 11) is -3.79. The highest BCUT2D eigenvalue weighted by atomic mass is 35.5. The van der Waals surface area contributed by atoms with Crippen LogP contribution in [0.4, 0.5) is 11.5 Å². The molecular formula is C10H8ClN3O4S2. The van der Waals surface area contributed by atoms with Crippen molar-refractivity contribution in [3.63, 3.8) is 0 Å². The highest BCUT2D eigenvalue weighted by molar-refractivity contribution is 7.94. The van der Waals surface area contributed by atoms with Crippen LogP contribution in [0.25, 0.3) is 0 Å². The molecule has 20 heavy (non-hydrogen) atoms. The predicted octanol–water partition coefficient (Wildman–Crippen LogP) is 2.81. The number of hydrogen-bond acceptors (Lipinski definition) is 6. The summed E-state index contributed by atoms with van der Waals surface area (Å²) < 4.78 is 26.7. The predicted molar refractivity (Wildman–Crippen MR) is 75.8 cm³/mol. The molecule has 0 atom stereocenters. The normalized spacial score (nSPS) is 11.3. The maximum Gasteiger partial charge on any atom is 0.290 e. The van der Waals surface area contributed by atoms with Crippen molar-refractivity contribution in [2.75, 3.05) is 4.72 Å². The van der Waals surface area contributed by atoms with E-state index in [-0.39, 0.29) is 21.4 Å². The molecule has 0 spiro atoms. The van der Waals surface area contributed by atoms with E-state index < -0.39 is 14.9 Å². The lowest BCUT2D eigenvalue weighted by Crippen LogP contribution is -2.13. The fourth-order valence-corrected chi connectivity index (χ4v) is 3.92. The molecule has 0 amide bonds. The van der Waals surface area contributed by atoms with Crippen molar-refractivity contribution in [2.24, 2.45) is 0 Å². The lowest BCUT2D eigenvalue weighted by atomic mass is 10.3. The zero-order valence-electron chi connectivity index (χ0n) is 10.0. The van der Waals surface area contributed by atoms with Crippen LogP contribution in [0.3, 0.4) is 0 Å². The molecule has 2 heterocycles. The molecule has 1 N–H and O–H groups in total. The molecule has 2 rings (SSSR count). The summed E-state index contributed by atoms with van der Waals surface area (Å²) in [5.74, 6) is 0.0117. The van der Waals surface area contributed by atoms with Gasteiger partial charge in [-0.15, -0.1) is 11.3 Å². The van der Waals surface area contributed by atoms with Crippen molar-refractivity contribution in [1.82, 2.24) is 4.98 Å². The molecule has 7 nitrogen and oxygen atoms in total. The van der Waals surface area contributed by atoms with Gasteiger partial charge in [0, 0.05) is 6.07 Å². The number of aromatic nitrogens is 1. The first kappa shape index (κ1) is 14.7. The van der Waals surface area contributed by atoms with Crippen molar-refractivity contribution >= 4 is 44.5 Å². The summed E-state index contributed by atoms with van der Waals surface area (Å²) >= 11 is 6.59. The first-order valence-corrected chi connectivity index (χ1v) is 7.87. The first-order valence-electron chi connectivity index (χ1n) is 5.20. The number of sulfonamides is 1. The second-order valence-corrected chi connectivity index (χ2v) is 7.35. The van der Waals surface area contributed by atoms with Gasteiger partial charge >= 0.3 is 0 Å². The Kier molecular flexibility index (Phi) is 3.93. The average molecular weight is 334 g/mol. The number of nitrogens with one attached hydrogen (secondary N) is 1. The summed E-state index contributed by atoms with van der Waals surface area (Å²) in [6.07, 6.45) is 0. The largest absolute Gasteiger partial charge is 0.290 e. The number of nitro groups is 1. The molecule has 0 saturated heterocycles. The van der Waals surface area contributed by atoms with Gasteiger partial charge in [-0.25, -0.2) is 13.4 Å². The Morgan fingerprint density at radius 1 is 1.35 bits per heavy atom. The number of thiophene rings is 1. The molecule has 0 fully saturated rings. The zero-order valence-corrected chi connectivity index (χ0v) is 12.4. The molecule has 0 bridgehead atoms. The van der Waals surface area contributed by atoms with Crippen LogP contribution in [-0.4, -0.2) is 18.3 Å². The number of halogens is 1. The van der Waals surface area contributed by atoms with Crippen molar-refractivity contribution in [3.8, 4) is 0 Å². The molecule has 0 saturated carbocycles. The van der Waals surface area contributed by atoms with E-state index in [1.807, 2.05) is 0 Å². The summed E-state index contributed by atoms with van der Waals surface area (Å²) in [5.41, 5.74) is -0.0495. The molecule has 0 radical (unpaired) electrons. The Morgan fingerprint density at radius 3 is 2.55 bits per heavy atom. The van der Waals surface area contributed by atoms with Crippen LogP contribution >= 0.6 is 22.9 Å². The number of hydrogen-bond donors (Lipinski definition) is 1. The SMILES string of the molecule is Cc1nc(NS(=O)(=O)c2ccc(Cl)s2)ccc1[N+](=O)[O-]. The Bertz CT molecular complexity index is 773. The summed E-state index contributed by atoms with van der Waals surface area (Å²) in [6.45, 7) is 1.43. The second-order valence-electron chi connectivity index (χ2n) is 3.72. The van der Waals surface area contributed by atoms with E-state index in [2.05, 4.69) is 9.71 Å². The lowest BCUT2D eigenvalue weighted by molar-refractivity contribution is -0.385. The number of pyridine rings is 1. The minimum absolute atomic E-state index is 0.0117. The van der Waals surface area contributed by atoms with Gasteiger partial charge in [-0.2, -0.15) is 0 Å². The minimum Gasteiger partial charge on any atom is -0.263 e. The van der Waals surface area contributed by atoms with Crippen molar-refractivity contribution in [2.45, 2.75) is 11.1 Å². The third-order valence-electron chi connectivity index (χ3n) is 2.31. The lowest BCUT2D eigenvalue weighted by Gasteiger charge is -2.06. The molecule has 106 valence electrons. The van der Waals surface area contributed by atoms with Crippen LogP contribution in [-0.2, 0) is 10.0 Å². The smallest absolute Gasteiger partial charge is 0.263 e. The molecule has 0 aliphatic rings. The van der Waals surface area contributed by atoms with Crippen LogP contribution in [0.1, 0.15) is 5.69 Å². The third-order valence-corrected chi connectivity index (χ3v) is 5.38. The second kappa shape index (κ2) is 5.35. The van der Waals surface area contributed by atoms with Crippen molar-refractivity contribution in [3.05, 3.63) is 44.4 Å². The Hall–Kier alpha value is -1.71. The number of anilines is 1. The fourth-order valence-electron chi connectivity index (χ4n) is 1.43. The van der Waals surface area contributed by atoms with Gasteiger partial charge < -0.3 is 0 Å². The monoisotopic (exact) mass is 333 g/mol. The Labute approximate surface area is 123 Å². The van der Waals surface area contributed by atoms with Crippen LogP contribution in [0.5, 0.6) is 0 Å². The van der Waals surface area contributed by atoms with E-state index in [1.165, 1.54) is 31.2 Å². The van der Waals surface area contributed by atoms with Crippen LogP contribution in [0.2, 0.25) is 4.34 Å². The summed E-state index contributed by atoms with van der Waals surface area (Å²) in [4.78, 5) is 13.9. The molecule has 2 aromatic heterocycles. The number of rotatable bonds is 4. The molecule has 0 unspecified atom stereocenters. The summed E-state index contributed by atoms with van der Waals surface area (Å²) in [5, 5.41) is 10.7. The Balaban J connectivity index is 2.30. The maximum atomic E-state index is 12.0. The van der Waals surface area contributed by atoms with Crippen LogP contribution in [0.15, 0.2) is 28.5 Å². The standard InChI is InChI=1S/C10H8ClN3O4S2/c1-6-7(14(15)16)2-4-9(12-6)13-20(17,18)10-5-3-8(11)19-10/h2-5H,1H3,(H,12,13). The molecule has 0 aliphatic carbocycles. The fraction of sp³-hybridized carbons (Fsp3) is 0.100. The zero-order chi connectivity index (χ0) is 14.9. The van der Waals surface area contributed by atoms with Crippen LogP contribution in [0, 0.1) is 17.0 Å². The number of aryl methyl sites for hydroxylation is 1. The average Bonchev–Trinajstić information content (AvgIpc) is 2.75. The molecule has 10 heteroatoms. The highest BCUT2D eigenvalue weighted by Crippen LogP contribution is 2.27. The van der Waals surface area contributed by atoms with Gasteiger partial charge in [0.2, 0.25) is 0 Å². The molecular weight excluding hydrogens is 326 g/mol. The molecule has 2 aromatic rings. The van der Waals surface area contributed by atoms with E-state index in [0.717, 1.165) is 11.3 Å². The number of nitrogens with zero attached hydrogens (tertiary/aromatic N) is 2. The Morgan fingerprint density at radius 2 is 2.05 bits per heavy atom. The van der Waals surface area contributed by atoms with Gasteiger partial charge in [-0.1, -0.05) is 11.6 Å². The molecule has 0 aliphatic heterocycles. The van der Waals surface area contributed by atoms with E-state index in [9.17, 15) is 18.5 Å². The maximum absolute atomic E-state index is 12.0.